The van der Waals surface area contributed by atoms with Gasteiger partial charge in [-0.15, -0.1) is 0 Å². The Bertz CT molecular complexity index is 852. The lowest BCUT2D eigenvalue weighted by Gasteiger charge is -2.27. The van der Waals surface area contributed by atoms with E-state index in [1.165, 1.54) is 12.1 Å². The summed E-state index contributed by atoms with van der Waals surface area (Å²) in [4.78, 5) is 15.5. The third kappa shape index (κ3) is 5.69. The largest absolute Gasteiger partial charge is 0.366 e. The summed E-state index contributed by atoms with van der Waals surface area (Å²) in [5.74, 6) is -0.216. The molecule has 0 aliphatic rings. The molecule has 0 aromatic heterocycles. The quantitative estimate of drug-likeness (QED) is 0.523. The zero-order valence-electron chi connectivity index (χ0n) is 15.6. The van der Waals surface area contributed by atoms with E-state index in [0.717, 1.165) is 11.1 Å². The van der Waals surface area contributed by atoms with Gasteiger partial charge in [0.25, 0.3) is 0 Å². The summed E-state index contributed by atoms with van der Waals surface area (Å²) in [6.45, 7) is 5.06. The molecule has 0 atom stereocenters. The molecule has 7 heteroatoms. The lowest BCUT2D eigenvalue weighted by molar-refractivity contribution is 0.1000. The third-order valence-corrected chi connectivity index (χ3v) is 4.57. The van der Waals surface area contributed by atoms with Crippen molar-refractivity contribution < 1.29 is 9.18 Å². The lowest BCUT2D eigenvalue weighted by Crippen LogP contribution is -2.43. The van der Waals surface area contributed by atoms with Gasteiger partial charge in [0.2, 0.25) is 5.91 Å². The second-order valence-electron chi connectivity index (χ2n) is 6.85. The molecule has 27 heavy (non-hydrogen) atoms. The normalized spacial score (nSPS) is 12.0. The summed E-state index contributed by atoms with van der Waals surface area (Å²) < 4.78 is 13.3. The fourth-order valence-corrected chi connectivity index (χ4v) is 3.10. The van der Waals surface area contributed by atoms with Crippen LogP contribution in [0.15, 0.2) is 47.5 Å². The van der Waals surface area contributed by atoms with E-state index in [-0.39, 0.29) is 11.2 Å². The maximum Gasteiger partial charge on any atom is 0.248 e. The smallest absolute Gasteiger partial charge is 0.248 e. The topological polar surface area (TPSA) is 79.5 Å². The Balaban J connectivity index is 1.99. The number of nitrogens with zero attached hydrogens (tertiary/aromatic N) is 1. The number of carbonyl (C=O) groups excluding carboxylic acids is 1. The van der Waals surface area contributed by atoms with Crippen molar-refractivity contribution in [3.05, 3.63) is 70.0 Å². The summed E-state index contributed by atoms with van der Waals surface area (Å²) in [5.41, 5.74) is 7.19. The highest BCUT2D eigenvalue weighted by molar-refractivity contribution is 6.31. The van der Waals surface area contributed by atoms with E-state index in [1.54, 1.807) is 31.3 Å². The van der Waals surface area contributed by atoms with Gasteiger partial charge in [0, 0.05) is 36.1 Å². The minimum absolute atomic E-state index is 0.339. The van der Waals surface area contributed by atoms with Crippen LogP contribution in [0.5, 0.6) is 0 Å². The van der Waals surface area contributed by atoms with Crippen LogP contribution in [-0.2, 0) is 12.0 Å². The van der Waals surface area contributed by atoms with Gasteiger partial charge in [-0.3, -0.25) is 9.79 Å². The Morgan fingerprint density at radius 1 is 1.22 bits per heavy atom. The van der Waals surface area contributed by atoms with Crippen LogP contribution in [0.2, 0.25) is 5.02 Å². The standard InChI is InChI=1S/C20H24ClFN4O/c1-20(2,16-8-7-15(22)10-17(16)21)12-26-19(24-3)25-11-13-5-4-6-14(9-13)18(23)27/h4-10H,11-12H2,1-3H3,(H2,23,27)(H2,24,25,26). The molecule has 0 unspecified atom stereocenters. The molecule has 0 saturated carbocycles. The van der Waals surface area contributed by atoms with Crippen molar-refractivity contribution in [2.75, 3.05) is 13.6 Å². The molecule has 0 saturated heterocycles. The highest BCUT2D eigenvalue weighted by Crippen LogP contribution is 2.29. The average molecular weight is 391 g/mol. The lowest BCUT2D eigenvalue weighted by atomic mass is 9.84. The maximum atomic E-state index is 13.3. The Kier molecular flexibility index (Phi) is 6.80. The van der Waals surface area contributed by atoms with Gasteiger partial charge in [0.15, 0.2) is 5.96 Å². The van der Waals surface area contributed by atoms with Crippen LogP contribution in [-0.4, -0.2) is 25.5 Å². The number of benzene rings is 2. The number of carbonyl (C=O) groups is 1. The Labute approximate surface area is 163 Å². The first-order valence-electron chi connectivity index (χ1n) is 8.52. The van der Waals surface area contributed by atoms with Gasteiger partial charge < -0.3 is 16.4 Å². The number of rotatable bonds is 6. The number of guanidine groups is 1. The summed E-state index contributed by atoms with van der Waals surface area (Å²) >= 11 is 6.19. The monoisotopic (exact) mass is 390 g/mol. The van der Waals surface area contributed by atoms with Crippen molar-refractivity contribution in [3.63, 3.8) is 0 Å². The van der Waals surface area contributed by atoms with E-state index in [4.69, 9.17) is 17.3 Å². The molecule has 4 N–H and O–H groups in total. The number of nitrogens with two attached hydrogens (primary N) is 1. The van der Waals surface area contributed by atoms with Gasteiger partial charge in [-0.05, 0) is 35.4 Å². The number of amides is 1. The molecule has 5 nitrogen and oxygen atoms in total. The highest BCUT2D eigenvalue weighted by atomic mass is 35.5. The van der Waals surface area contributed by atoms with Crippen molar-refractivity contribution >= 4 is 23.5 Å². The number of hydrogen-bond acceptors (Lipinski definition) is 2. The van der Waals surface area contributed by atoms with Crippen LogP contribution in [0.25, 0.3) is 0 Å². The van der Waals surface area contributed by atoms with E-state index in [0.29, 0.717) is 29.6 Å². The molecular formula is C20H24ClFN4O. The van der Waals surface area contributed by atoms with Gasteiger partial charge in [-0.1, -0.05) is 43.6 Å². The molecule has 0 bridgehead atoms. The molecule has 2 aromatic carbocycles. The number of nitrogens with one attached hydrogen (secondary N) is 2. The van der Waals surface area contributed by atoms with Gasteiger partial charge in [-0.2, -0.15) is 0 Å². The van der Waals surface area contributed by atoms with E-state index < -0.39 is 5.91 Å². The SMILES string of the molecule is CN=C(NCc1cccc(C(N)=O)c1)NCC(C)(C)c1ccc(F)cc1Cl. The average Bonchev–Trinajstić information content (AvgIpc) is 2.61. The van der Waals surface area contributed by atoms with Crippen LogP contribution in [0.1, 0.15) is 35.3 Å². The highest BCUT2D eigenvalue weighted by Gasteiger charge is 2.24. The summed E-state index contributed by atoms with van der Waals surface area (Å²) in [6, 6.07) is 11.5. The Hall–Kier alpha value is -2.60. The van der Waals surface area contributed by atoms with Gasteiger partial charge in [0.1, 0.15) is 5.82 Å². The van der Waals surface area contributed by atoms with E-state index in [2.05, 4.69) is 15.6 Å². The molecule has 144 valence electrons. The minimum Gasteiger partial charge on any atom is -0.366 e. The molecule has 0 aliphatic heterocycles. The molecule has 0 heterocycles. The first-order valence-corrected chi connectivity index (χ1v) is 8.89. The Morgan fingerprint density at radius 3 is 2.59 bits per heavy atom. The second kappa shape index (κ2) is 8.86. The first-order chi connectivity index (χ1) is 12.7. The summed E-state index contributed by atoms with van der Waals surface area (Å²) in [7, 11) is 1.67. The molecule has 1 amide bonds. The predicted octanol–water partition coefficient (Wildman–Crippen LogP) is 3.22. The molecule has 0 radical (unpaired) electrons. The van der Waals surface area contributed by atoms with Crippen molar-refractivity contribution in [3.8, 4) is 0 Å². The van der Waals surface area contributed by atoms with Crippen LogP contribution in [0.3, 0.4) is 0 Å². The maximum absolute atomic E-state index is 13.3. The Morgan fingerprint density at radius 2 is 1.96 bits per heavy atom. The van der Waals surface area contributed by atoms with E-state index in [1.807, 2.05) is 19.9 Å². The second-order valence-corrected chi connectivity index (χ2v) is 7.26. The zero-order valence-corrected chi connectivity index (χ0v) is 16.4. The van der Waals surface area contributed by atoms with Gasteiger partial charge >= 0.3 is 0 Å². The van der Waals surface area contributed by atoms with Crippen LogP contribution >= 0.6 is 11.6 Å². The van der Waals surface area contributed by atoms with Crippen LogP contribution in [0.4, 0.5) is 4.39 Å². The van der Waals surface area contributed by atoms with Gasteiger partial charge in [-0.25, -0.2) is 4.39 Å². The molecule has 0 spiro atoms. The summed E-state index contributed by atoms with van der Waals surface area (Å²) in [6.07, 6.45) is 0. The molecule has 2 aromatic rings. The number of hydrogen-bond donors (Lipinski definition) is 3. The number of aliphatic imine (C=N–C) groups is 1. The number of primary amides is 1. The molecular weight excluding hydrogens is 367 g/mol. The summed E-state index contributed by atoms with van der Waals surface area (Å²) in [5, 5.41) is 6.84. The molecule has 0 fully saturated rings. The fraction of sp³-hybridized carbons (Fsp3) is 0.300. The minimum atomic E-state index is -0.461. The van der Waals surface area contributed by atoms with Crippen LogP contribution < -0.4 is 16.4 Å². The zero-order chi connectivity index (χ0) is 20.0. The van der Waals surface area contributed by atoms with E-state index in [9.17, 15) is 9.18 Å². The van der Waals surface area contributed by atoms with Crippen molar-refractivity contribution in [2.45, 2.75) is 25.8 Å². The predicted molar refractivity (Wildman–Crippen MR) is 108 cm³/mol. The molecule has 2 rings (SSSR count). The van der Waals surface area contributed by atoms with Crippen molar-refractivity contribution in [2.24, 2.45) is 10.7 Å². The molecule has 0 aliphatic carbocycles. The fourth-order valence-electron chi connectivity index (χ4n) is 2.68. The number of halogens is 2. The van der Waals surface area contributed by atoms with E-state index >= 15 is 0 Å². The van der Waals surface area contributed by atoms with Gasteiger partial charge in [0.05, 0.1) is 0 Å². The first kappa shape index (κ1) is 20.7. The van der Waals surface area contributed by atoms with Crippen molar-refractivity contribution in [1.29, 1.82) is 0 Å². The van der Waals surface area contributed by atoms with Crippen molar-refractivity contribution in [1.82, 2.24) is 10.6 Å². The van der Waals surface area contributed by atoms with Crippen LogP contribution in [0, 0.1) is 5.82 Å². The third-order valence-electron chi connectivity index (χ3n) is 4.25.